The highest BCUT2D eigenvalue weighted by atomic mass is 32.2. The van der Waals surface area contributed by atoms with Gasteiger partial charge in [0.1, 0.15) is 10.6 Å². The van der Waals surface area contributed by atoms with Crippen LogP contribution in [0.5, 0.6) is 5.75 Å². The largest absolute Gasteiger partial charge is 0.495 e. The number of methoxy groups -OCH3 is 1. The van der Waals surface area contributed by atoms with Crippen LogP contribution in [0.1, 0.15) is 38.2 Å². The van der Waals surface area contributed by atoms with Gasteiger partial charge in [0.15, 0.2) is 9.84 Å². The van der Waals surface area contributed by atoms with Crippen molar-refractivity contribution in [2.75, 3.05) is 13.4 Å². The smallest absolute Gasteiger partial charge is 0.179 e. The topological polar surface area (TPSA) is 63.6 Å². The maximum absolute atomic E-state index is 11.7. The minimum absolute atomic E-state index is 0.141. The number of sulfone groups is 1. The van der Waals surface area contributed by atoms with Gasteiger partial charge in [0.05, 0.1) is 13.2 Å². The van der Waals surface area contributed by atoms with E-state index >= 15 is 0 Å². The summed E-state index contributed by atoms with van der Waals surface area (Å²) in [7, 11) is -1.82. The Bertz CT molecular complexity index is 608. The van der Waals surface area contributed by atoms with Crippen LogP contribution in [0.25, 0.3) is 0 Å². The molecule has 1 aliphatic carbocycles. The number of aliphatic hydroxyl groups excluding tert-OH is 1. The van der Waals surface area contributed by atoms with Crippen LogP contribution in [0.2, 0.25) is 0 Å². The second-order valence-electron chi connectivity index (χ2n) is 5.85. The van der Waals surface area contributed by atoms with E-state index in [1.54, 1.807) is 12.1 Å². The molecule has 0 aliphatic heterocycles. The van der Waals surface area contributed by atoms with Gasteiger partial charge in [0, 0.05) is 11.7 Å². The van der Waals surface area contributed by atoms with Gasteiger partial charge in [0.25, 0.3) is 0 Å². The van der Waals surface area contributed by atoms with E-state index in [2.05, 4.69) is 13.8 Å². The first-order valence-corrected chi connectivity index (χ1v) is 8.69. The Morgan fingerprint density at radius 3 is 2.55 bits per heavy atom. The van der Waals surface area contributed by atoms with E-state index in [4.69, 9.17) is 4.74 Å². The second kappa shape index (κ2) is 5.04. The summed E-state index contributed by atoms with van der Waals surface area (Å²) < 4.78 is 28.6. The van der Waals surface area contributed by atoms with Crippen LogP contribution in [-0.4, -0.2) is 33.0 Å². The summed E-state index contributed by atoms with van der Waals surface area (Å²) >= 11 is 0. The summed E-state index contributed by atoms with van der Waals surface area (Å²) in [6.07, 6.45) is 2.48. The van der Waals surface area contributed by atoms with Gasteiger partial charge in [-0.25, -0.2) is 8.42 Å². The number of benzene rings is 1. The first-order chi connectivity index (χ1) is 9.24. The molecule has 1 N–H and O–H groups in total. The quantitative estimate of drug-likeness (QED) is 0.927. The maximum atomic E-state index is 11.7. The highest BCUT2D eigenvalue weighted by molar-refractivity contribution is 7.90. The second-order valence-corrected chi connectivity index (χ2v) is 7.83. The lowest BCUT2D eigenvalue weighted by atomic mass is 9.55. The molecule has 2 rings (SSSR count). The number of ether oxygens (including phenoxy) is 1. The number of hydrogen-bond donors (Lipinski definition) is 1. The van der Waals surface area contributed by atoms with E-state index in [0.29, 0.717) is 12.2 Å². The highest BCUT2D eigenvalue weighted by Gasteiger charge is 2.50. The summed E-state index contributed by atoms with van der Waals surface area (Å²) in [6, 6.07) is 5.23. The molecule has 20 heavy (non-hydrogen) atoms. The van der Waals surface area contributed by atoms with Gasteiger partial charge in [-0.05, 0) is 36.5 Å². The van der Waals surface area contributed by atoms with Crippen LogP contribution < -0.4 is 4.74 Å². The van der Waals surface area contributed by atoms with Crippen molar-refractivity contribution in [2.45, 2.75) is 43.6 Å². The molecule has 0 spiro atoms. The molecule has 0 amide bonds. The molecule has 1 aliphatic rings. The van der Waals surface area contributed by atoms with Gasteiger partial charge in [-0.15, -0.1) is 0 Å². The van der Waals surface area contributed by atoms with Crippen molar-refractivity contribution in [3.8, 4) is 5.75 Å². The lowest BCUT2D eigenvalue weighted by Gasteiger charge is -2.51. The average molecular weight is 298 g/mol. The predicted octanol–water partition coefficient (Wildman–Crippen LogP) is 2.36. The lowest BCUT2D eigenvalue weighted by Crippen LogP contribution is -2.49. The molecule has 3 atom stereocenters. The maximum Gasteiger partial charge on any atom is 0.179 e. The monoisotopic (exact) mass is 298 g/mol. The predicted molar refractivity (Wildman–Crippen MR) is 77.9 cm³/mol. The SMILES string of the molecule is CCC1(C)C(O)CC1c1ccc(S(C)(=O)=O)c(OC)c1. The standard InChI is InChI=1S/C15H22O4S/c1-5-15(2)11(9-14(15)16)10-6-7-13(20(4,17)18)12(8-10)19-3/h6-8,11,14,16H,5,9H2,1-4H3. The van der Waals surface area contributed by atoms with Crippen LogP contribution in [0.4, 0.5) is 0 Å². The zero-order chi connectivity index (χ0) is 15.1. The van der Waals surface area contributed by atoms with Crippen molar-refractivity contribution in [1.82, 2.24) is 0 Å². The fourth-order valence-corrected chi connectivity index (χ4v) is 3.86. The molecule has 5 heteroatoms. The fraction of sp³-hybridized carbons (Fsp3) is 0.600. The van der Waals surface area contributed by atoms with Crippen molar-refractivity contribution in [1.29, 1.82) is 0 Å². The molecule has 112 valence electrons. The normalized spacial score (nSPS) is 29.9. The van der Waals surface area contributed by atoms with E-state index in [1.807, 2.05) is 6.07 Å². The third-order valence-electron chi connectivity index (χ3n) is 4.77. The van der Waals surface area contributed by atoms with Crippen LogP contribution in [0.15, 0.2) is 23.1 Å². The minimum Gasteiger partial charge on any atom is -0.495 e. The summed E-state index contributed by atoms with van der Waals surface area (Å²) in [5.74, 6) is 0.620. The van der Waals surface area contributed by atoms with E-state index in [1.165, 1.54) is 13.4 Å². The first kappa shape index (κ1) is 15.3. The fourth-order valence-electron chi connectivity index (χ4n) is 3.04. The molecule has 0 aromatic heterocycles. The molecule has 0 radical (unpaired) electrons. The van der Waals surface area contributed by atoms with Crippen molar-refractivity contribution < 1.29 is 18.3 Å². The van der Waals surface area contributed by atoms with Crippen LogP contribution >= 0.6 is 0 Å². The zero-order valence-electron chi connectivity index (χ0n) is 12.4. The third kappa shape index (κ3) is 2.33. The molecule has 1 fully saturated rings. The zero-order valence-corrected chi connectivity index (χ0v) is 13.2. The summed E-state index contributed by atoms with van der Waals surface area (Å²) in [5, 5.41) is 9.98. The third-order valence-corrected chi connectivity index (χ3v) is 5.90. The van der Waals surface area contributed by atoms with Gasteiger partial charge in [-0.3, -0.25) is 0 Å². The molecule has 1 aromatic carbocycles. The molecule has 1 aromatic rings. The van der Waals surface area contributed by atoms with Gasteiger partial charge in [-0.2, -0.15) is 0 Å². The Morgan fingerprint density at radius 2 is 2.10 bits per heavy atom. The summed E-state index contributed by atoms with van der Waals surface area (Å²) in [5.41, 5.74) is 0.890. The summed E-state index contributed by atoms with van der Waals surface area (Å²) in [6.45, 7) is 4.14. The molecule has 0 saturated heterocycles. The molecule has 3 unspecified atom stereocenters. The summed E-state index contributed by atoms with van der Waals surface area (Å²) in [4.78, 5) is 0.210. The Hall–Kier alpha value is -1.07. The van der Waals surface area contributed by atoms with Gasteiger partial charge in [0.2, 0.25) is 0 Å². The van der Waals surface area contributed by atoms with Crippen molar-refractivity contribution in [3.63, 3.8) is 0 Å². The molecule has 4 nitrogen and oxygen atoms in total. The van der Waals surface area contributed by atoms with E-state index in [0.717, 1.165) is 12.0 Å². The minimum atomic E-state index is -3.30. The van der Waals surface area contributed by atoms with E-state index in [9.17, 15) is 13.5 Å². The Morgan fingerprint density at radius 1 is 1.45 bits per heavy atom. The van der Waals surface area contributed by atoms with E-state index in [-0.39, 0.29) is 22.3 Å². The molecule has 0 heterocycles. The van der Waals surface area contributed by atoms with Crippen LogP contribution in [0, 0.1) is 5.41 Å². The lowest BCUT2D eigenvalue weighted by molar-refractivity contribution is -0.0778. The van der Waals surface area contributed by atoms with Crippen LogP contribution in [0.3, 0.4) is 0 Å². The van der Waals surface area contributed by atoms with Crippen molar-refractivity contribution in [3.05, 3.63) is 23.8 Å². The average Bonchev–Trinajstić information content (AvgIpc) is 2.41. The highest BCUT2D eigenvalue weighted by Crippen LogP contribution is 2.55. The number of rotatable bonds is 4. The first-order valence-electron chi connectivity index (χ1n) is 6.80. The van der Waals surface area contributed by atoms with E-state index < -0.39 is 9.84 Å². The Kier molecular flexibility index (Phi) is 3.86. The molecule has 1 saturated carbocycles. The molecular formula is C15H22O4S. The van der Waals surface area contributed by atoms with Crippen LogP contribution in [-0.2, 0) is 9.84 Å². The Balaban J connectivity index is 2.42. The van der Waals surface area contributed by atoms with Gasteiger partial charge < -0.3 is 9.84 Å². The van der Waals surface area contributed by atoms with Gasteiger partial charge >= 0.3 is 0 Å². The van der Waals surface area contributed by atoms with Crippen molar-refractivity contribution >= 4 is 9.84 Å². The molecule has 0 bridgehead atoms. The molecular weight excluding hydrogens is 276 g/mol. The Labute approximate surface area is 120 Å². The number of hydrogen-bond acceptors (Lipinski definition) is 4. The van der Waals surface area contributed by atoms with Crippen molar-refractivity contribution in [2.24, 2.45) is 5.41 Å². The van der Waals surface area contributed by atoms with Gasteiger partial charge in [-0.1, -0.05) is 19.9 Å². The number of aliphatic hydroxyl groups is 1.